The Balaban J connectivity index is 0.00000210. The van der Waals surface area contributed by atoms with E-state index in [1.54, 1.807) is 15.9 Å². The maximum atomic E-state index is 12.9. The highest BCUT2D eigenvalue weighted by molar-refractivity contribution is 6.05. The van der Waals surface area contributed by atoms with Gasteiger partial charge in [-0.1, -0.05) is 18.2 Å². The molecule has 1 unspecified atom stereocenters. The Morgan fingerprint density at radius 1 is 1.26 bits per heavy atom. The summed E-state index contributed by atoms with van der Waals surface area (Å²) in [6.07, 6.45) is 1.86. The van der Waals surface area contributed by atoms with Gasteiger partial charge in [-0.2, -0.15) is 0 Å². The van der Waals surface area contributed by atoms with Gasteiger partial charge in [0.25, 0.3) is 5.91 Å². The van der Waals surface area contributed by atoms with E-state index in [-0.39, 0.29) is 48.8 Å². The van der Waals surface area contributed by atoms with Crippen LogP contribution >= 0.6 is 12.4 Å². The monoisotopic (exact) mass is 392 g/mol. The van der Waals surface area contributed by atoms with Crippen molar-refractivity contribution >= 4 is 30.1 Å². The molecule has 3 amide bonds. The third-order valence-electron chi connectivity index (χ3n) is 5.42. The Morgan fingerprint density at radius 3 is 2.70 bits per heavy atom. The van der Waals surface area contributed by atoms with Crippen LogP contribution in [0, 0.1) is 0 Å². The van der Waals surface area contributed by atoms with Crippen LogP contribution in [0.2, 0.25) is 0 Å². The Kier molecular flexibility index (Phi) is 5.72. The molecule has 0 aromatic heterocycles. The molecular formula is C19H25ClN4O3. The molecule has 27 heavy (non-hydrogen) atoms. The van der Waals surface area contributed by atoms with E-state index in [1.807, 2.05) is 25.1 Å². The van der Waals surface area contributed by atoms with Crippen molar-refractivity contribution < 1.29 is 14.4 Å². The van der Waals surface area contributed by atoms with Crippen molar-refractivity contribution in [1.29, 1.82) is 0 Å². The molecule has 0 spiro atoms. The summed E-state index contributed by atoms with van der Waals surface area (Å²) >= 11 is 0. The predicted molar refractivity (Wildman–Crippen MR) is 103 cm³/mol. The number of hydrogen-bond donors (Lipinski definition) is 2. The lowest BCUT2D eigenvalue weighted by Crippen LogP contribution is -2.55. The van der Waals surface area contributed by atoms with Crippen LogP contribution < -0.4 is 10.6 Å². The topological polar surface area (TPSA) is 81.8 Å². The van der Waals surface area contributed by atoms with Crippen LogP contribution in [0.5, 0.6) is 0 Å². The second-order valence-corrected chi connectivity index (χ2v) is 7.29. The Labute approximate surface area is 164 Å². The second-order valence-electron chi connectivity index (χ2n) is 7.29. The van der Waals surface area contributed by atoms with Crippen molar-refractivity contribution in [3.05, 3.63) is 35.4 Å². The summed E-state index contributed by atoms with van der Waals surface area (Å²) in [5.74, 6) is -0.431. The van der Waals surface area contributed by atoms with Gasteiger partial charge >= 0.3 is 0 Å². The van der Waals surface area contributed by atoms with Crippen LogP contribution in [-0.2, 0) is 9.59 Å². The smallest absolute Gasteiger partial charge is 0.255 e. The predicted octanol–water partition coefficient (Wildman–Crippen LogP) is 0.704. The number of nitrogens with zero attached hydrogens (tertiary/aromatic N) is 2. The number of fused-ring (bicyclic) bond motifs is 1. The van der Waals surface area contributed by atoms with Crippen molar-refractivity contribution in [2.24, 2.45) is 0 Å². The molecule has 4 rings (SSSR count). The summed E-state index contributed by atoms with van der Waals surface area (Å²) in [4.78, 5) is 41.5. The van der Waals surface area contributed by atoms with Crippen molar-refractivity contribution in [2.75, 3.05) is 26.2 Å². The zero-order chi connectivity index (χ0) is 18.3. The number of rotatable bonds is 4. The lowest BCUT2D eigenvalue weighted by molar-refractivity contribution is -0.136. The molecule has 2 aliphatic heterocycles. The molecule has 2 N–H and O–H groups in total. The molecule has 0 radical (unpaired) electrons. The number of nitrogens with one attached hydrogen (secondary N) is 2. The van der Waals surface area contributed by atoms with E-state index >= 15 is 0 Å². The van der Waals surface area contributed by atoms with Crippen LogP contribution in [0.3, 0.4) is 0 Å². The van der Waals surface area contributed by atoms with Gasteiger partial charge in [-0.15, -0.1) is 12.4 Å². The number of piperazine rings is 1. The Hall–Kier alpha value is -2.12. The summed E-state index contributed by atoms with van der Waals surface area (Å²) in [6.45, 7) is 4.14. The van der Waals surface area contributed by atoms with Gasteiger partial charge in [0.15, 0.2) is 0 Å². The maximum Gasteiger partial charge on any atom is 0.255 e. The van der Waals surface area contributed by atoms with Crippen LogP contribution in [-0.4, -0.2) is 65.8 Å². The second kappa shape index (κ2) is 7.86. The molecule has 7 nitrogen and oxygen atoms in total. The van der Waals surface area contributed by atoms with Gasteiger partial charge < -0.3 is 20.4 Å². The van der Waals surface area contributed by atoms with Gasteiger partial charge in [0.1, 0.15) is 6.04 Å². The van der Waals surface area contributed by atoms with Crippen LogP contribution in [0.25, 0.3) is 0 Å². The third-order valence-corrected chi connectivity index (χ3v) is 5.42. The highest BCUT2D eigenvalue weighted by Gasteiger charge is 2.47. The number of benzene rings is 1. The van der Waals surface area contributed by atoms with Crippen LogP contribution in [0.4, 0.5) is 0 Å². The minimum Gasteiger partial charge on any atom is -0.345 e. The van der Waals surface area contributed by atoms with Crippen LogP contribution in [0.1, 0.15) is 41.7 Å². The highest BCUT2D eigenvalue weighted by Crippen LogP contribution is 2.41. The van der Waals surface area contributed by atoms with Gasteiger partial charge in [0.2, 0.25) is 11.8 Å². The van der Waals surface area contributed by atoms with Crippen molar-refractivity contribution in [1.82, 2.24) is 20.4 Å². The Morgan fingerprint density at radius 2 is 2.00 bits per heavy atom. The zero-order valence-electron chi connectivity index (χ0n) is 15.3. The first-order valence-electron chi connectivity index (χ1n) is 9.27. The lowest BCUT2D eigenvalue weighted by Gasteiger charge is -2.34. The third kappa shape index (κ3) is 3.66. The molecule has 1 aliphatic carbocycles. The molecule has 146 valence electrons. The summed E-state index contributed by atoms with van der Waals surface area (Å²) in [6, 6.07) is 6.89. The Bertz CT molecular complexity index is 752. The van der Waals surface area contributed by atoms with E-state index in [9.17, 15) is 14.4 Å². The average Bonchev–Trinajstić information content (AvgIpc) is 3.44. The first kappa shape index (κ1) is 19.6. The molecule has 2 heterocycles. The lowest BCUT2D eigenvalue weighted by atomic mass is 10.0. The standard InChI is InChI=1S/C19H24N4O3.ClH/c1-12-10-20-8-9-22(12)16(24)11-21-18(25)17-14-4-2-3-5-15(14)19(26)23(17)13-6-7-13;/h2-5,12-13,17,20H,6-11H2,1H3,(H,21,25);1H/t12-,17?;/m1./s1. The van der Waals surface area contributed by atoms with Gasteiger partial charge in [0, 0.05) is 37.3 Å². The van der Waals surface area contributed by atoms with Crippen molar-refractivity contribution in [2.45, 2.75) is 37.9 Å². The fourth-order valence-electron chi connectivity index (χ4n) is 3.91. The molecule has 2 fully saturated rings. The SMILES string of the molecule is C[C@@H]1CNCCN1C(=O)CNC(=O)C1c2ccccc2C(=O)N1C1CC1.Cl. The molecule has 1 saturated heterocycles. The molecule has 3 aliphatic rings. The molecule has 1 aromatic rings. The molecular weight excluding hydrogens is 368 g/mol. The minimum atomic E-state index is -0.626. The number of carbonyl (C=O) groups is 3. The van der Waals surface area contributed by atoms with Crippen LogP contribution in [0.15, 0.2) is 24.3 Å². The minimum absolute atomic E-state index is 0. The van der Waals surface area contributed by atoms with E-state index in [0.717, 1.165) is 31.5 Å². The summed E-state index contributed by atoms with van der Waals surface area (Å²) < 4.78 is 0. The number of halogens is 1. The van der Waals surface area contributed by atoms with E-state index in [1.165, 1.54) is 0 Å². The van der Waals surface area contributed by atoms with Gasteiger partial charge in [0.05, 0.1) is 6.54 Å². The average molecular weight is 393 g/mol. The number of amides is 3. The van der Waals surface area contributed by atoms with Crippen molar-refractivity contribution in [3.63, 3.8) is 0 Å². The summed E-state index contributed by atoms with van der Waals surface area (Å²) in [5.41, 5.74) is 1.34. The summed E-state index contributed by atoms with van der Waals surface area (Å²) in [7, 11) is 0. The normalized spacial score (nSPS) is 24.3. The first-order chi connectivity index (χ1) is 12.6. The van der Waals surface area contributed by atoms with Gasteiger partial charge in [-0.3, -0.25) is 14.4 Å². The van der Waals surface area contributed by atoms with E-state index in [2.05, 4.69) is 10.6 Å². The first-order valence-corrected chi connectivity index (χ1v) is 9.27. The highest BCUT2D eigenvalue weighted by atomic mass is 35.5. The zero-order valence-corrected chi connectivity index (χ0v) is 16.1. The molecule has 1 aromatic carbocycles. The van der Waals surface area contributed by atoms with E-state index in [0.29, 0.717) is 12.1 Å². The summed E-state index contributed by atoms with van der Waals surface area (Å²) in [5, 5.41) is 6.02. The number of hydrogen-bond acceptors (Lipinski definition) is 4. The van der Waals surface area contributed by atoms with Gasteiger partial charge in [-0.25, -0.2) is 0 Å². The fourth-order valence-corrected chi connectivity index (χ4v) is 3.91. The van der Waals surface area contributed by atoms with Crippen molar-refractivity contribution in [3.8, 4) is 0 Å². The molecule has 8 heteroatoms. The van der Waals surface area contributed by atoms with Gasteiger partial charge in [-0.05, 0) is 31.4 Å². The molecule has 2 atom stereocenters. The molecule has 0 bridgehead atoms. The van der Waals surface area contributed by atoms with E-state index in [4.69, 9.17) is 0 Å². The van der Waals surface area contributed by atoms with E-state index < -0.39 is 6.04 Å². The maximum absolute atomic E-state index is 12.9. The quantitative estimate of drug-likeness (QED) is 0.790. The molecule has 1 saturated carbocycles. The fraction of sp³-hybridized carbons (Fsp3) is 0.526. The number of carbonyl (C=O) groups excluding carboxylic acids is 3. The largest absolute Gasteiger partial charge is 0.345 e.